The topological polar surface area (TPSA) is 50.2 Å². The molecule has 21 heavy (non-hydrogen) atoms. The van der Waals surface area contributed by atoms with Crippen LogP contribution in [0.2, 0.25) is 0 Å². The van der Waals surface area contributed by atoms with E-state index in [1.165, 1.54) is 0 Å². The molecular weight excluding hydrogens is 264 g/mol. The van der Waals surface area contributed by atoms with Crippen LogP contribution < -0.4 is 10.9 Å². The molecule has 0 saturated carbocycles. The maximum atomic E-state index is 12.3. The fourth-order valence-electron chi connectivity index (χ4n) is 2.37. The van der Waals surface area contributed by atoms with Gasteiger partial charge in [0.2, 0.25) is 0 Å². The molecule has 0 amide bonds. The summed E-state index contributed by atoms with van der Waals surface area (Å²) < 4.78 is 1.67. The monoisotopic (exact) mass is 288 g/mol. The number of rotatable bonds is 8. The quantitative estimate of drug-likeness (QED) is 0.745. The first kappa shape index (κ1) is 15.7. The summed E-state index contributed by atoms with van der Waals surface area (Å²) in [6.45, 7) is 9.90. The first-order valence-electron chi connectivity index (χ1n) is 7.63. The Kier molecular flexibility index (Phi) is 5.90. The maximum absolute atomic E-state index is 12.3. The lowest BCUT2D eigenvalue weighted by Gasteiger charge is -2.18. The molecule has 0 radical (unpaired) electrons. The van der Waals surface area contributed by atoms with Crippen molar-refractivity contribution in [2.45, 2.75) is 20.4 Å². The Morgan fingerprint density at radius 1 is 1.19 bits per heavy atom. The minimum atomic E-state index is 0.0335. The van der Waals surface area contributed by atoms with Crippen LogP contribution in [0.4, 0.5) is 0 Å². The molecule has 1 aromatic heterocycles. The van der Waals surface area contributed by atoms with Crippen molar-refractivity contribution in [3.63, 3.8) is 0 Å². The molecule has 0 aliphatic rings. The van der Waals surface area contributed by atoms with Gasteiger partial charge in [0.15, 0.2) is 0 Å². The van der Waals surface area contributed by atoms with E-state index in [2.05, 4.69) is 29.0 Å². The Hall–Kier alpha value is -1.72. The minimum absolute atomic E-state index is 0.0335. The van der Waals surface area contributed by atoms with Crippen LogP contribution in [0.1, 0.15) is 13.8 Å². The number of fused-ring (bicyclic) bond motifs is 1. The van der Waals surface area contributed by atoms with E-state index in [1.54, 1.807) is 10.9 Å². The fourth-order valence-corrected chi connectivity index (χ4v) is 2.37. The predicted molar refractivity (Wildman–Crippen MR) is 86.7 cm³/mol. The number of likely N-dealkylation sites (N-methyl/N-ethyl adjacent to an activating group) is 1. The summed E-state index contributed by atoms with van der Waals surface area (Å²) in [7, 11) is 0. The van der Waals surface area contributed by atoms with Crippen molar-refractivity contribution >= 4 is 10.9 Å². The van der Waals surface area contributed by atoms with Gasteiger partial charge >= 0.3 is 0 Å². The van der Waals surface area contributed by atoms with Crippen LogP contribution in [-0.2, 0) is 6.54 Å². The average molecular weight is 288 g/mol. The Morgan fingerprint density at radius 2 is 1.95 bits per heavy atom. The Labute approximate surface area is 125 Å². The molecule has 2 aromatic rings. The van der Waals surface area contributed by atoms with E-state index >= 15 is 0 Å². The summed E-state index contributed by atoms with van der Waals surface area (Å²) in [5.41, 5.74) is 0.791. The Bertz CT molecular complexity index is 619. The largest absolute Gasteiger partial charge is 0.314 e. The fraction of sp³-hybridized carbons (Fsp3) is 0.500. The minimum Gasteiger partial charge on any atom is -0.314 e. The molecule has 0 fully saturated rings. The number of nitrogens with zero attached hydrogens (tertiary/aromatic N) is 3. The highest BCUT2D eigenvalue weighted by Gasteiger charge is 2.03. The lowest BCUT2D eigenvalue weighted by atomic mass is 10.2. The second-order valence-corrected chi connectivity index (χ2v) is 5.04. The highest BCUT2D eigenvalue weighted by molar-refractivity contribution is 5.76. The molecule has 0 atom stereocenters. The average Bonchev–Trinajstić information content (AvgIpc) is 2.53. The maximum Gasteiger partial charge on any atom is 0.261 e. The van der Waals surface area contributed by atoms with E-state index in [1.807, 2.05) is 24.3 Å². The second kappa shape index (κ2) is 7.90. The highest BCUT2D eigenvalue weighted by Crippen LogP contribution is 2.04. The van der Waals surface area contributed by atoms with Crippen LogP contribution in [-0.4, -0.2) is 47.2 Å². The molecule has 0 saturated heterocycles. The van der Waals surface area contributed by atoms with Gasteiger partial charge in [-0.05, 0) is 25.2 Å². The van der Waals surface area contributed by atoms with Crippen molar-refractivity contribution in [1.82, 2.24) is 19.8 Å². The van der Waals surface area contributed by atoms with Crippen molar-refractivity contribution in [1.29, 1.82) is 0 Å². The molecule has 5 heteroatoms. The summed E-state index contributed by atoms with van der Waals surface area (Å²) in [6.07, 6.45) is 1.64. The molecule has 1 aromatic carbocycles. The van der Waals surface area contributed by atoms with Crippen molar-refractivity contribution in [2.75, 3.05) is 32.7 Å². The third-order valence-corrected chi connectivity index (χ3v) is 3.76. The first-order chi connectivity index (χ1) is 10.3. The van der Waals surface area contributed by atoms with Gasteiger partial charge in [-0.15, -0.1) is 0 Å². The molecule has 0 spiro atoms. The molecule has 0 aliphatic heterocycles. The summed E-state index contributed by atoms with van der Waals surface area (Å²) in [4.78, 5) is 19.0. The highest BCUT2D eigenvalue weighted by atomic mass is 16.1. The summed E-state index contributed by atoms with van der Waals surface area (Å²) >= 11 is 0. The Balaban J connectivity index is 1.87. The molecule has 5 nitrogen and oxygen atoms in total. The van der Waals surface area contributed by atoms with Crippen LogP contribution in [0.15, 0.2) is 35.4 Å². The molecule has 0 unspecified atom stereocenters. The van der Waals surface area contributed by atoms with E-state index in [0.29, 0.717) is 11.9 Å². The van der Waals surface area contributed by atoms with Crippen molar-refractivity contribution in [3.8, 4) is 0 Å². The van der Waals surface area contributed by atoms with Gasteiger partial charge in [-0.25, -0.2) is 4.98 Å². The second-order valence-electron chi connectivity index (χ2n) is 5.04. The van der Waals surface area contributed by atoms with E-state index < -0.39 is 0 Å². The number of hydrogen-bond acceptors (Lipinski definition) is 4. The van der Waals surface area contributed by atoms with Gasteiger partial charge in [-0.2, -0.15) is 0 Å². The number of nitrogens with one attached hydrogen (secondary N) is 1. The van der Waals surface area contributed by atoms with Gasteiger partial charge in [-0.3, -0.25) is 9.36 Å². The Morgan fingerprint density at radius 3 is 2.71 bits per heavy atom. The zero-order valence-electron chi connectivity index (χ0n) is 12.9. The number of para-hydroxylation sites is 1. The van der Waals surface area contributed by atoms with Crippen LogP contribution in [0, 0.1) is 0 Å². The third kappa shape index (κ3) is 4.12. The molecule has 2 rings (SSSR count). The standard InChI is InChI=1S/C16H24N4O/c1-3-19(4-2)11-9-17-10-12-20-13-18-15-8-6-5-7-14(15)16(20)21/h5-8,13,17H,3-4,9-12H2,1-2H3. The lowest BCUT2D eigenvalue weighted by molar-refractivity contribution is 0.302. The molecule has 114 valence electrons. The zero-order chi connectivity index (χ0) is 15.1. The SMILES string of the molecule is CCN(CC)CCNCCn1cnc2ccccc2c1=O. The summed E-state index contributed by atoms with van der Waals surface area (Å²) in [5.74, 6) is 0. The van der Waals surface area contributed by atoms with Crippen LogP contribution in [0.5, 0.6) is 0 Å². The number of hydrogen-bond donors (Lipinski definition) is 1. The van der Waals surface area contributed by atoms with Gasteiger partial charge in [0.1, 0.15) is 0 Å². The first-order valence-corrected chi connectivity index (χ1v) is 7.63. The van der Waals surface area contributed by atoms with Gasteiger partial charge in [0.05, 0.1) is 17.2 Å². The van der Waals surface area contributed by atoms with Crippen LogP contribution >= 0.6 is 0 Å². The molecule has 0 bridgehead atoms. The molecular formula is C16H24N4O. The normalized spacial score (nSPS) is 11.4. The van der Waals surface area contributed by atoms with Crippen molar-refractivity contribution in [2.24, 2.45) is 0 Å². The smallest absolute Gasteiger partial charge is 0.261 e. The van der Waals surface area contributed by atoms with E-state index in [0.717, 1.165) is 38.2 Å². The van der Waals surface area contributed by atoms with Crippen molar-refractivity contribution < 1.29 is 0 Å². The lowest BCUT2D eigenvalue weighted by Crippen LogP contribution is -2.34. The van der Waals surface area contributed by atoms with E-state index in [9.17, 15) is 4.79 Å². The van der Waals surface area contributed by atoms with Crippen LogP contribution in [0.25, 0.3) is 10.9 Å². The number of aromatic nitrogens is 2. The zero-order valence-corrected chi connectivity index (χ0v) is 12.9. The molecule has 1 N–H and O–H groups in total. The van der Waals surface area contributed by atoms with E-state index in [-0.39, 0.29) is 5.56 Å². The predicted octanol–water partition coefficient (Wildman–Crippen LogP) is 1.33. The molecule has 1 heterocycles. The van der Waals surface area contributed by atoms with Crippen LogP contribution in [0.3, 0.4) is 0 Å². The van der Waals surface area contributed by atoms with Crippen molar-refractivity contribution in [3.05, 3.63) is 40.9 Å². The van der Waals surface area contributed by atoms with Gasteiger partial charge in [0, 0.05) is 26.2 Å². The summed E-state index contributed by atoms with van der Waals surface area (Å²) in [5, 5.41) is 4.06. The molecule has 0 aliphatic carbocycles. The van der Waals surface area contributed by atoms with E-state index in [4.69, 9.17) is 0 Å². The van der Waals surface area contributed by atoms with Gasteiger partial charge in [0.25, 0.3) is 5.56 Å². The number of benzene rings is 1. The van der Waals surface area contributed by atoms with Gasteiger partial charge in [-0.1, -0.05) is 26.0 Å². The third-order valence-electron chi connectivity index (χ3n) is 3.76. The van der Waals surface area contributed by atoms with Gasteiger partial charge < -0.3 is 10.2 Å². The summed E-state index contributed by atoms with van der Waals surface area (Å²) in [6, 6.07) is 7.46.